The quantitative estimate of drug-likeness (QED) is 0.131. The molecule has 51 heavy (non-hydrogen) atoms. The lowest BCUT2D eigenvalue weighted by molar-refractivity contribution is -0.159. The van der Waals surface area contributed by atoms with E-state index in [0.29, 0.717) is 49.3 Å². The zero-order valence-corrected chi connectivity index (χ0v) is 31.4. The number of allylic oxidation sites excluding steroid dienone is 1. The lowest BCUT2D eigenvalue weighted by Crippen LogP contribution is -2.51. The van der Waals surface area contributed by atoms with Gasteiger partial charge in [0.2, 0.25) is 5.91 Å². The van der Waals surface area contributed by atoms with E-state index in [9.17, 15) is 14.4 Å². The highest BCUT2D eigenvalue weighted by Crippen LogP contribution is 2.47. The van der Waals surface area contributed by atoms with Gasteiger partial charge < -0.3 is 24.4 Å². The molecule has 3 saturated carbocycles. The van der Waals surface area contributed by atoms with Crippen LogP contribution in [0.15, 0.2) is 66.7 Å². The molecule has 0 aromatic heterocycles. The Labute approximate surface area is 303 Å². The summed E-state index contributed by atoms with van der Waals surface area (Å²) in [5, 5.41) is 6.26. The van der Waals surface area contributed by atoms with Gasteiger partial charge in [-0.25, -0.2) is 0 Å². The number of carbonyl (C=O) groups is 3. The Kier molecular flexibility index (Phi) is 9.92. The molecule has 7 rings (SSSR count). The zero-order chi connectivity index (χ0) is 35.9. The van der Waals surface area contributed by atoms with Crippen molar-refractivity contribution < 1.29 is 28.6 Å². The lowest BCUT2D eigenvalue weighted by Gasteiger charge is -2.40. The number of nitrogens with one attached hydrogen (secondary N) is 1. The van der Waals surface area contributed by atoms with Gasteiger partial charge in [0, 0.05) is 18.9 Å². The van der Waals surface area contributed by atoms with Gasteiger partial charge in [-0.05, 0) is 97.6 Å². The van der Waals surface area contributed by atoms with E-state index in [4.69, 9.17) is 14.2 Å². The smallest absolute Gasteiger partial charge is 0.312 e. The molecule has 0 saturated heterocycles. The van der Waals surface area contributed by atoms with Crippen LogP contribution in [0.1, 0.15) is 81.1 Å². The standard InChI is InChI=1S/C42H51N2O6P/c1-41(17-8-18-41)25-43-38(45)36-27-13-14-28(21-27)37(36)44(3)39(46)32-22-34(35(51)23-33(32)48-4)50-30-15-19-42(2,20-16-30)40(47)49-24-29-11-7-10-26-9-5-6-12-31(26)29/h5-7,9-14,22-23,27-28,30,36-37H,8,15-21,24-25,51H2,1-4H3,(H,43,45)/t27-,28+,30-,36+,37-,42+/m1/s1. The van der Waals surface area contributed by atoms with Crippen molar-refractivity contribution in [1.29, 1.82) is 0 Å². The molecular weight excluding hydrogens is 659 g/mol. The topological polar surface area (TPSA) is 94.2 Å². The Balaban J connectivity index is 0.998. The van der Waals surface area contributed by atoms with Gasteiger partial charge in [0.15, 0.2) is 0 Å². The average Bonchev–Trinajstić information content (AvgIpc) is 3.75. The molecule has 4 aliphatic carbocycles. The van der Waals surface area contributed by atoms with Crippen LogP contribution in [0, 0.1) is 28.6 Å². The summed E-state index contributed by atoms with van der Waals surface area (Å²) >= 11 is 0. The molecule has 0 radical (unpaired) electrons. The van der Waals surface area contributed by atoms with E-state index in [2.05, 4.69) is 51.8 Å². The second-order valence-electron chi connectivity index (χ2n) is 15.9. The number of carbonyl (C=O) groups excluding carboxylic acids is 3. The van der Waals surface area contributed by atoms with Gasteiger partial charge >= 0.3 is 5.97 Å². The van der Waals surface area contributed by atoms with Gasteiger partial charge in [-0.3, -0.25) is 14.4 Å². The number of rotatable bonds is 11. The van der Waals surface area contributed by atoms with E-state index < -0.39 is 5.41 Å². The van der Waals surface area contributed by atoms with E-state index >= 15 is 0 Å². The number of ether oxygens (including phenoxy) is 3. The molecule has 0 spiro atoms. The molecule has 3 aromatic carbocycles. The third-order valence-corrected chi connectivity index (χ3v) is 12.8. The summed E-state index contributed by atoms with van der Waals surface area (Å²) < 4.78 is 18.1. The third kappa shape index (κ3) is 7.01. The van der Waals surface area contributed by atoms with Crippen LogP contribution in [0.3, 0.4) is 0 Å². The van der Waals surface area contributed by atoms with Crippen LogP contribution in [0.4, 0.5) is 0 Å². The minimum absolute atomic E-state index is 0.0441. The van der Waals surface area contributed by atoms with Crippen LogP contribution < -0.4 is 20.1 Å². The van der Waals surface area contributed by atoms with Crippen molar-refractivity contribution in [3.8, 4) is 11.5 Å². The maximum atomic E-state index is 14.3. The Morgan fingerprint density at radius 2 is 1.67 bits per heavy atom. The molecule has 270 valence electrons. The molecule has 8 nitrogen and oxygen atoms in total. The number of hydrogen-bond acceptors (Lipinski definition) is 6. The Morgan fingerprint density at radius 3 is 2.39 bits per heavy atom. The summed E-state index contributed by atoms with van der Waals surface area (Å²) in [4.78, 5) is 43.0. The summed E-state index contributed by atoms with van der Waals surface area (Å²) in [6.45, 7) is 5.15. The fourth-order valence-corrected chi connectivity index (χ4v) is 9.16. The molecule has 0 heterocycles. The van der Waals surface area contributed by atoms with Gasteiger partial charge in [0.05, 0.1) is 36.2 Å². The summed E-state index contributed by atoms with van der Waals surface area (Å²) in [5.74, 6) is 0.720. The molecule has 2 amide bonds. The largest absolute Gasteiger partial charge is 0.496 e. The molecule has 2 bridgehead atoms. The van der Waals surface area contributed by atoms with Gasteiger partial charge in [-0.15, -0.1) is 9.24 Å². The van der Waals surface area contributed by atoms with Crippen molar-refractivity contribution in [1.82, 2.24) is 10.2 Å². The number of nitrogens with zero attached hydrogens (tertiary/aromatic N) is 1. The van der Waals surface area contributed by atoms with Gasteiger partial charge in [0.1, 0.15) is 18.1 Å². The Bertz CT molecular complexity index is 1840. The SMILES string of the molecule is COc1cc(P)c(O[C@H]2CC[C@@](C)(C(=O)OCc3cccc4ccccc34)CC2)cc1C(=O)N(C)[C@H]1[C@@H](C(=O)NCC2(C)CCC2)[C@@H]2C=C[C@H]1C2. The second kappa shape index (κ2) is 14.3. The van der Waals surface area contributed by atoms with Gasteiger partial charge in [0.25, 0.3) is 5.91 Å². The highest BCUT2D eigenvalue weighted by atomic mass is 31.0. The summed E-state index contributed by atoms with van der Waals surface area (Å²) in [5.41, 5.74) is 1.000. The van der Waals surface area contributed by atoms with Gasteiger partial charge in [-0.1, -0.05) is 68.0 Å². The summed E-state index contributed by atoms with van der Waals surface area (Å²) in [6.07, 6.45) is 11.2. The normalized spacial score (nSPS) is 27.4. The maximum absolute atomic E-state index is 14.3. The molecule has 1 unspecified atom stereocenters. The van der Waals surface area contributed by atoms with Gasteiger partial charge in [-0.2, -0.15) is 0 Å². The van der Waals surface area contributed by atoms with E-state index in [1.165, 1.54) is 6.42 Å². The minimum atomic E-state index is -0.592. The van der Waals surface area contributed by atoms with Crippen LogP contribution in [-0.4, -0.2) is 55.5 Å². The van der Waals surface area contributed by atoms with Crippen molar-refractivity contribution in [2.75, 3.05) is 20.7 Å². The third-order valence-electron chi connectivity index (χ3n) is 12.4. The molecule has 0 aliphatic heterocycles. The second-order valence-corrected chi connectivity index (χ2v) is 16.6. The molecular formula is C42H51N2O6P. The van der Waals surface area contributed by atoms with Crippen LogP contribution in [0.25, 0.3) is 10.8 Å². The fourth-order valence-electron chi connectivity index (χ4n) is 8.85. The van der Waals surface area contributed by atoms with E-state index in [-0.39, 0.29) is 59.7 Å². The fraction of sp³-hybridized carbons (Fsp3) is 0.500. The van der Waals surface area contributed by atoms with Crippen LogP contribution in [0.5, 0.6) is 11.5 Å². The average molecular weight is 711 g/mol. The number of hydrogen-bond donors (Lipinski definition) is 1. The monoisotopic (exact) mass is 710 g/mol. The predicted octanol–water partition coefficient (Wildman–Crippen LogP) is 6.99. The molecule has 3 aromatic rings. The van der Waals surface area contributed by atoms with Crippen molar-refractivity contribution in [2.24, 2.45) is 28.6 Å². The van der Waals surface area contributed by atoms with Crippen LogP contribution in [0.2, 0.25) is 0 Å². The van der Waals surface area contributed by atoms with Crippen molar-refractivity contribution in [3.63, 3.8) is 0 Å². The Morgan fingerprint density at radius 1 is 0.941 bits per heavy atom. The van der Waals surface area contributed by atoms with E-state index in [1.807, 2.05) is 44.3 Å². The maximum Gasteiger partial charge on any atom is 0.312 e. The van der Waals surface area contributed by atoms with Crippen LogP contribution in [-0.2, 0) is 20.9 Å². The highest BCUT2D eigenvalue weighted by molar-refractivity contribution is 7.27. The number of esters is 1. The first-order chi connectivity index (χ1) is 24.5. The molecule has 4 aliphatic rings. The number of fused-ring (bicyclic) bond motifs is 3. The predicted molar refractivity (Wildman–Crippen MR) is 202 cm³/mol. The number of methoxy groups -OCH3 is 1. The first-order valence-corrected chi connectivity index (χ1v) is 19.1. The first kappa shape index (κ1) is 35.5. The van der Waals surface area contributed by atoms with E-state index in [1.54, 1.807) is 18.1 Å². The zero-order valence-electron chi connectivity index (χ0n) is 30.3. The van der Waals surface area contributed by atoms with E-state index in [0.717, 1.165) is 40.9 Å². The Hall–Kier alpha value is -3.90. The summed E-state index contributed by atoms with van der Waals surface area (Å²) in [7, 11) is 6.08. The molecule has 3 fully saturated rings. The molecule has 9 heteroatoms. The highest BCUT2D eigenvalue weighted by Gasteiger charge is 2.51. The van der Waals surface area contributed by atoms with Crippen molar-refractivity contribution >= 4 is 43.1 Å². The van der Waals surface area contributed by atoms with Crippen molar-refractivity contribution in [3.05, 3.63) is 77.9 Å². The van der Waals surface area contributed by atoms with Crippen LogP contribution >= 0.6 is 9.24 Å². The first-order valence-electron chi connectivity index (χ1n) is 18.5. The van der Waals surface area contributed by atoms with Crippen molar-refractivity contribution in [2.45, 2.75) is 84.0 Å². The number of amides is 2. The molecule has 5 atom stereocenters. The minimum Gasteiger partial charge on any atom is -0.496 e. The molecule has 1 N–H and O–H groups in total. The number of benzene rings is 3. The lowest BCUT2D eigenvalue weighted by atomic mass is 9.70. The summed E-state index contributed by atoms with van der Waals surface area (Å²) in [6, 6.07) is 17.6.